The van der Waals surface area contributed by atoms with Gasteiger partial charge in [0.25, 0.3) is 0 Å². The lowest BCUT2D eigenvalue weighted by Gasteiger charge is -2.48. The van der Waals surface area contributed by atoms with E-state index in [1.165, 1.54) is 13.7 Å². The van der Waals surface area contributed by atoms with Crippen molar-refractivity contribution in [3.63, 3.8) is 0 Å². The van der Waals surface area contributed by atoms with Crippen LogP contribution in [0, 0.1) is 65.0 Å². The molecule has 1 heterocycles. The number of rotatable bonds is 27. The number of amides is 3. The first kappa shape index (κ1) is 83.6. The Morgan fingerprint density at radius 3 is 0.735 bits per heavy atom. The van der Waals surface area contributed by atoms with Crippen LogP contribution in [0.25, 0.3) is 0 Å². The van der Waals surface area contributed by atoms with Crippen molar-refractivity contribution in [3.05, 3.63) is 31.5 Å². The molecule has 1 aromatic rings. The van der Waals surface area contributed by atoms with Crippen molar-refractivity contribution in [3.8, 4) is 0 Å². The highest BCUT2D eigenvalue weighted by molar-refractivity contribution is 5.68. The molecule has 0 bridgehead atoms. The molecule has 21 heteroatoms. The van der Waals surface area contributed by atoms with E-state index in [9.17, 15) is 14.4 Å². The van der Waals surface area contributed by atoms with E-state index >= 15 is 14.4 Å². The number of alkyl carbamates (subject to hydrolysis) is 3. The van der Waals surface area contributed by atoms with E-state index in [-0.39, 0.29) is 85.1 Å². The summed E-state index contributed by atoms with van der Waals surface area (Å²) in [5.74, 6) is 0. The summed E-state index contributed by atoms with van der Waals surface area (Å²) in [6.45, 7) is 50.0. The minimum Gasteiger partial charge on any atom is -0.450 e. The van der Waals surface area contributed by atoms with Gasteiger partial charge in [-0.25, -0.2) is 72.4 Å². The van der Waals surface area contributed by atoms with Gasteiger partial charge in [-0.15, -0.1) is 0 Å². The lowest BCUT2D eigenvalue weighted by Crippen LogP contribution is -2.60. The molecule has 0 radical (unpaired) electrons. The number of ether oxygens (including phenoxy) is 3. The number of hydrogen-bond acceptors (Lipinski definition) is 15. The molecular formula is C81H138N12O9. The van der Waals surface area contributed by atoms with Crippen molar-refractivity contribution < 1.29 is 28.6 Å². The first-order valence-corrected chi connectivity index (χ1v) is 39.3. The van der Waals surface area contributed by atoms with Crippen LogP contribution in [0.3, 0.4) is 0 Å². The monoisotopic (exact) mass is 1420 g/mol. The van der Waals surface area contributed by atoms with Crippen LogP contribution in [-0.4, -0.2) is 127 Å². The third-order valence-electron chi connectivity index (χ3n) is 23.3. The lowest BCUT2D eigenvalue weighted by molar-refractivity contribution is 0.0397. The zero-order chi connectivity index (χ0) is 75.6. The SMILES string of the molecule is CCCCOC(=O)NC1CC(C)(C)CC(C)(CN=C=NCC2(C)CC(n3c(=O)n(C4CC(C)(C)CC(C)(CN=C=NCC5(C)CC(NC(=O)OCCCC)CC(C)(C)C5)C4)c(=O)n(C4CC(C)(C)CC(C)(CN=C=NCC5(C)CC(NC(=O)OCCCC)CC(C)(C)C5)C4)c3=O)CC(C)(C)C2)C1. The maximum atomic E-state index is 16.1. The molecule has 6 saturated carbocycles. The number of carbonyl (C=O) groups excluding carboxylic acids is 3. The first-order chi connectivity index (χ1) is 47.3. The molecule has 0 aromatic carbocycles. The van der Waals surface area contributed by atoms with E-state index in [2.05, 4.69) is 179 Å². The van der Waals surface area contributed by atoms with Crippen LogP contribution >= 0.6 is 0 Å². The molecule has 6 aliphatic carbocycles. The van der Waals surface area contributed by atoms with Crippen molar-refractivity contribution in [2.45, 2.75) is 336 Å². The zero-order valence-corrected chi connectivity index (χ0v) is 67.5. The summed E-state index contributed by atoms with van der Waals surface area (Å²) in [7, 11) is 0. The highest BCUT2D eigenvalue weighted by Crippen LogP contribution is 2.55. The van der Waals surface area contributed by atoms with Gasteiger partial charge in [0.2, 0.25) is 0 Å². The Kier molecular flexibility index (Phi) is 27.4. The molecular weight excluding hydrogens is 1280 g/mol. The second-order valence-electron chi connectivity index (χ2n) is 40.5. The van der Waals surface area contributed by atoms with Gasteiger partial charge >= 0.3 is 35.3 Å². The van der Waals surface area contributed by atoms with Crippen molar-refractivity contribution in [1.29, 1.82) is 0 Å². The van der Waals surface area contributed by atoms with Gasteiger partial charge in [-0.1, -0.05) is 165 Å². The second kappa shape index (κ2) is 33.4. The number of nitrogens with one attached hydrogen (secondary N) is 3. The number of aromatic nitrogens is 3. The number of unbranched alkanes of at least 4 members (excludes halogenated alkanes) is 3. The number of hydrogen-bond donors (Lipinski definition) is 3. The summed E-state index contributed by atoms with van der Waals surface area (Å²) in [5.41, 5.74) is -4.78. The fourth-order valence-electron chi connectivity index (χ4n) is 21.8. The average Bonchev–Trinajstić information content (AvgIpc) is 0.727. The van der Waals surface area contributed by atoms with Crippen LogP contribution in [0.15, 0.2) is 44.3 Å². The Morgan fingerprint density at radius 1 is 0.333 bits per heavy atom. The molecule has 102 heavy (non-hydrogen) atoms. The summed E-state index contributed by atoms with van der Waals surface area (Å²) in [6, 6.07) is 7.48. The standard InChI is InChI=1S/C81H138N12O9/c1-22-25-28-100-64(94)88-58-31-70(4,5)43-76(16,34-58)49-82-55-85-52-79(19)40-61(37-73(10,11)46-79)91-67(97)92(62-38-74(12,13)47-80(20,41-62)53-86-56-83-50-77(17)35-59(32-71(6,7)44-77)89-65(95)101-29-26-23-2)69(99)93(68(91)98)63-39-75(14,15)48-81(21,42-63)54-87-57-84-51-78(18)36-60(33-72(8,9)45-78)90-66(96)102-30-27-24-3/h58-63H,22-54H2,1-21H3,(H,88,94)(H,89,95)(H,90,96). The lowest BCUT2D eigenvalue weighted by atomic mass is 9.62. The van der Waals surface area contributed by atoms with Gasteiger partial charge in [0.15, 0.2) is 0 Å². The van der Waals surface area contributed by atoms with Gasteiger partial charge in [0, 0.05) is 36.3 Å². The van der Waals surface area contributed by atoms with Crippen molar-refractivity contribution in [1.82, 2.24) is 29.7 Å². The Labute approximate surface area is 612 Å². The fraction of sp³-hybridized carbons (Fsp3) is 0.889. The van der Waals surface area contributed by atoms with E-state index in [0.717, 1.165) is 116 Å². The predicted molar refractivity (Wildman–Crippen MR) is 409 cm³/mol. The van der Waals surface area contributed by atoms with Crippen LogP contribution in [-0.2, 0) is 14.2 Å². The van der Waals surface area contributed by atoms with E-state index in [0.29, 0.717) is 97.6 Å². The second-order valence-corrected chi connectivity index (χ2v) is 40.5. The van der Waals surface area contributed by atoms with Crippen LogP contribution in [0.4, 0.5) is 14.4 Å². The molecule has 21 nitrogen and oxygen atoms in total. The molecule has 3 amide bonds. The van der Waals surface area contributed by atoms with Crippen LogP contribution in [0.5, 0.6) is 0 Å². The number of nitrogens with zero attached hydrogens (tertiary/aromatic N) is 9. The summed E-state index contributed by atoms with van der Waals surface area (Å²) in [6.07, 6.45) is 17.2. The van der Waals surface area contributed by atoms with Crippen molar-refractivity contribution in [2.75, 3.05) is 59.1 Å². The van der Waals surface area contributed by atoms with E-state index in [1.54, 1.807) is 0 Å². The minimum absolute atomic E-state index is 0.0292. The molecule has 1 aromatic heterocycles. The number of carbonyl (C=O) groups is 3. The quantitative estimate of drug-likeness (QED) is 0.0429. The van der Waals surface area contributed by atoms with Crippen molar-refractivity contribution >= 4 is 36.3 Å². The van der Waals surface area contributed by atoms with Gasteiger partial charge in [-0.3, -0.25) is 0 Å². The van der Waals surface area contributed by atoms with Crippen LogP contribution in [0.2, 0.25) is 0 Å². The van der Waals surface area contributed by atoms with Gasteiger partial charge in [0.1, 0.15) is 0 Å². The first-order valence-electron chi connectivity index (χ1n) is 39.3. The molecule has 3 N–H and O–H groups in total. The summed E-state index contributed by atoms with van der Waals surface area (Å²) < 4.78 is 20.9. The Balaban J connectivity index is 1.20. The van der Waals surface area contributed by atoms with Crippen LogP contribution in [0.1, 0.15) is 318 Å². The van der Waals surface area contributed by atoms with Gasteiger partial charge < -0.3 is 30.2 Å². The topological polar surface area (TPSA) is 255 Å². The van der Waals surface area contributed by atoms with E-state index in [4.69, 9.17) is 44.2 Å². The maximum absolute atomic E-state index is 16.1. The molecule has 7 rings (SSSR count). The number of aliphatic imine (C=N–C) groups is 6. The van der Waals surface area contributed by atoms with E-state index in [1.807, 2.05) is 0 Å². The largest absolute Gasteiger partial charge is 0.450 e. The zero-order valence-electron chi connectivity index (χ0n) is 67.5. The third kappa shape index (κ3) is 24.5. The average molecular weight is 1420 g/mol. The van der Waals surface area contributed by atoms with Gasteiger partial charge in [0.05, 0.1) is 77.1 Å². The predicted octanol–water partition coefficient (Wildman–Crippen LogP) is 17.3. The molecule has 576 valence electrons. The molecule has 0 aliphatic heterocycles. The minimum atomic E-state index is -0.564. The third-order valence-corrected chi connectivity index (χ3v) is 23.3. The summed E-state index contributed by atoms with van der Waals surface area (Å²) in [5, 5.41) is 9.43. The highest BCUT2D eigenvalue weighted by atomic mass is 16.6. The Morgan fingerprint density at radius 2 is 0.529 bits per heavy atom. The summed E-state index contributed by atoms with van der Waals surface area (Å²) in [4.78, 5) is 116. The smallest absolute Gasteiger partial charge is 0.407 e. The molecule has 12 atom stereocenters. The molecule has 0 saturated heterocycles. The molecule has 6 fully saturated rings. The molecule has 6 aliphatic rings. The van der Waals surface area contributed by atoms with Crippen molar-refractivity contribution in [2.24, 2.45) is 94.9 Å². The molecule has 12 unspecified atom stereocenters. The van der Waals surface area contributed by atoms with Gasteiger partial charge in [-0.2, -0.15) is 0 Å². The molecule has 0 spiro atoms. The Hall–Kier alpha value is -5.64. The Bertz CT molecular complexity index is 3070. The highest BCUT2D eigenvalue weighted by Gasteiger charge is 2.50. The fourth-order valence-corrected chi connectivity index (χ4v) is 21.8. The van der Waals surface area contributed by atoms with E-state index < -0.39 is 51.4 Å². The summed E-state index contributed by atoms with van der Waals surface area (Å²) >= 11 is 0. The maximum Gasteiger partial charge on any atom is 0.407 e. The normalized spacial score (nSPS) is 32.7. The van der Waals surface area contributed by atoms with Gasteiger partial charge in [-0.05, 0) is 200 Å². The van der Waals surface area contributed by atoms with Crippen LogP contribution < -0.4 is 33.0 Å².